The summed E-state index contributed by atoms with van der Waals surface area (Å²) >= 11 is 1.70. The average molecular weight is 578 g/mol. The number of amides is 1. The Morgan fingerprint density at radius 1 is 1.15 bits per heavy atom. The molecular weight excluding hydrogens is 536 g/mol. The molecular formula is C30H41F2N3O4S. The van der Waals surface area contributed by atoms with E-state index < -0.39 is 17.6 Å². The van der Waals surface area contributed by atoms with Gasteiger partial charge in [-0.2, -0.15) is 8.78 Å². The van der Waals surface area contributed by atoms with Gasteiger partial charge in [0.2, 0.25) is 0 Å². The van der Waals surface area contributed by atoms with Crippen LogP contribution in [0, 0.1) is 17.8 Å². The van der Waals surface area contributed by atoms with Crippen LogP contribution in [0.25, 0.3) is 0 Å². The maximum absolute atomic E-state index is 13.9. The lowest BCUT2D eigenvalue weighted by Crippen LogP contribution is -2.62. The van der Waals surface area contributed by atoms with Crippen LogP contribution < -0.4 is 10.6 Å². The van der Waals surface area contributed by atoms with Gasteiger partial charge in [-0.3, -0.25) is 9.59 Å². The van der Waals surface area contributed by atoms with Crippen molar-refractivity contribution in [2.24, 2.45) is 17.8 Å². The fourth-order valence-electron chi connectivity index (χ4n) is 8.64. The highest BCUT2D eigenvalue weighted by molar-refractivity contribution is 7.99. The molecule has 6 aliphatic rings. The van der Waals surface area contributed by atoms with E-state index in [0.29, 0.717) is 42.5 Å². The number of nitrogens with zero attached hydrogens (tertiary/aromatic N) is 1. The molecule has 7 nitrogen and oxygen atoms in total. The lowest BCUT2D eigenvalue weighted by Gasteiger charge is -2.59. The molecule has 0 aromatic carbocycles. The first-order chi connectivity index (χ1) is 19.3. The molecule has 5 saturated carbocycles. The van der Waals surface area contributed by atoms with E-state index in [9.17, 15) is 18.4 Å². The van der Waals surface area contributed by atoms with Crippen LogP contribution in [-0.4, -0.2) is 60.6 Å². The lowest BCUT2D eigenvalue weighted by molar-refractivity contribution is -0.260. The van der Waals surface area contributed by atoms with Crippen LogP contribution in [0.5, 0.6) is 0 Å². The van der Waals surface area contributed by atoms with Crippen LogP contribution >= 0.6 is 11.8 Å². The fraction of sp³-hybridized carbons (Fsp3) is 0.767. The minimum absolute atomic E-state index is 0.0321. The summed E-state index contributed by atoms with van der Waals surface area (Å²) in [5.74, 6) is 0.315. The van der Waals surface area contributed by atoms with Gasteiger partial charge in [0.25, 0.3) is 5.91 Å². The second-order valence-corrected chi connectivity index (χ2v) is 14.2. The predicted molar refractivity (Wildman–Crippen MR) is 147 cm³/mol. The van der Waals surface area contributed by atoms with Gasteiger partial charge in [0, 0.05) is 28.9 Å². The number of carbonyl (C=O) groups is 2. The average Bonchev–Trinajstić information content (AvgIpc) is 3.39. The van der Waals surface area contributed by atoms with Crippen LogP contribution in [0.1, 0.15) is 93.1 Å². The Bertz CT molecular complexity index is 1090. The largest absolute Gasteiger partial charge is 0.469 e. The van der Waals surface area contributed by atoms with E-state index in [1.54, 1.807) is 11.8 Å². The van der Waals surface area contributed by atoms with Crippen molar-refractivity contribution >= 4 is 23.6 Å². The molecule has 7 rings (SSSR count). The molecule has 2 N–H and O–H groups in total. The SMILES string of the molecule is COC(=O)C[C@@]1(c2ccc(C(=O)N[C@H]3C4CC5CC3C[C@@](OC(F)F)(C5)C4)c(SC3CCCCC3)n2)CCNC1. The molecule has 40 heavy (non-hydrogen) atoms. The molecule has 2 unspecified atom stereocenters. The van der Waals surface area contributed by atoms with E-state index in [-0.39, 0.29) is 36.2 Å². The smallest absolute Gasteiger partial charge is 0.345 e. The second-order valence-electron chi connectivity index (χ2n) is 12.9. The molecule has 3 atom stereocenters. The molecule has 1 saturated heterocycles. The molecule has 0 spiro atoms. The summed E-state index contributed by atoms with van der Waals surface area (Å²) in [5, 5.41) is 7.88. The number of ether oxygens (including phenoxy) is 2. The van der Waals surface area contributed by atoms with Gasteiger partial charge in [-0.1, -0.05) is 19.3 Å². The zero-order chi connectivity index (χ0) is 27.9. The molecule has 0 radical (unpaired) electrons. The highest BCUT2D eigenvalue weighted by Crippen LogP contribution is 2.57. The third-order valence-corrected chi connectivity index (χ3v) is 11.6. The highest BCUT2D eigenvalue weighted by Gasteiger charge is 2.57. The summed E-state index contributed by atoms with van der Waals surface area (Å²) in [6.45, 7) is -1.32. The normalized spacial score (nSPS) is 35.3. The van der Waals surface area contributed by atoms with Gasteiger partial charge in [-0.15, -0.1) is 11.8 Å². The zero-order valence-electron chi connectivity index (χ0n) is 23.3. The van der Waals surface area contributed by atoms with Gasteiger partial charge in [0.15, 0.2) is 0 Å². The van der Waals surface area contributed by atoms with E-state index in [2.05, 4.69) is 10.6 Å². The van der Waals surface area contributed by atoms with Crippen LogP contribution in [0.4, 0.5) is 8.78 Å². The molecule has 1 aromatic heterocycles. The predicted octanol–water partition coefficient (Wildman–Crippen LogP) is 5.22. The van der Waals surface area contributed by atoms with Gasteiger partial charge in [0.1, 0.15) is 5.03 Å². The highest BCUT2D eigenvalue weighted by atomic mass is 32.2. The van der Waals surface area contributed by atoms with Crippen molar-refractivity contribution in [3.05, 3.63) is 23.4 Å². The summed E-state index contributed by atoms with van der Waals surface area (Å²) in [6.07, 6.45) is 10.6. The first-order valence-electron chi connectivity index (χ1n) is 15.0. The third-order valence-electron chi connectivity index (χ3n) is 10.3. The molecule has 2 heterocycles. The van der Waals surface area contributed by atoms with Crippen molar-refractivity contribution in [1.82, 2.24) is 15.6 Å². The van der Waals surface area contributed by atoms with Crippen molar-refractivity contribution in [3.8, 4) is 0 Å². The van der Waals surface area contributed by atoms with E-state index in [0.717, 1.165) is 49.4 Å². The molecule has 5 aliphatic carbocycles. The van der Waals surface area contributed by atoms with Crippen LogP contribution in [0.3, 0.4) is 0 Å². The summed E-state index contributed by atoms with van der Waals surface area (Å²) in [7, 11) is 1.41. The number of esters is 1. The van der Waals surface area contributed by atoms with Crippen molar-refractivity contribution < 1.29 is 27.8 Å². The Morgan fingerprint density at radius 2 is 1.90 bits per heavy atom. The number of alkyl halides is 2. The van der Waals surface area contributed by atoms with Crippen molar-refractivity contribution in [2.45, 2.75) is 111 Å². The minimum Gasteiger partial charge on any atom is -0.469 e. The maximum atomic E-state index is 13.9. The number of methoxy groups -OCH3 is 1. The number of halogens is 2. The molecule has 1 aromatic rings. The Morgan fingerprint density at radius 3 is 2.55 bits per heavy atom. The fourth-order valence-corrected chi connectivity index (χ4v) is 9.96. The van der Waals surface area contributed by atoms with Gasteiger partial charge in [-0.05, 0) is 87.8 Å². The molecule has 10 heteroatoms. The summed E-state index contributed by atoms with van der Waals surface area (Å²) < 4.78 is 36.7. The van der Waals surface area contributed by atoms with Gasteiger partial charge in [0.05, 0.1) is 24.7 Å². The quantitative estimate of drug-likeness (QED) is 0.389. The number of aromatic nitrogens is 1. The maximum Gasteiger partial charge on any atom is 0.345 e. The number of nitrogens with one attached hydrogen (secondary N) is 2. The standard InChI is InChI=1S/C30H41F2N3O4S/c1-38-24(36)16-29(9-10-33-17-29)23-8-7-22(27(34-23)40-21-5-3-2-4-6-21)26(37)35-25-19-11-18-12-20(25)15-30(13-18,14-19)39-28(31)32/h7-8,18-21,25,28,33H,2-6,9-17H2,1H3,(H,35,37)/t18?,19?,20?,25-,29-,30+/m0/s1. The van der Waals surface area contributed by atoms with Crippen LogP contribution in [0.2, 0.25) is 0 Å². The van der Waals surface area contributed by atoms with Gasteiger partial charge >= 0.3 is 12.6 Å². The Kier molecular flexibility index (Phi) is 8.13. The minimum atomic E-state index is -2.76. The van der Waals surface area contributed by atoms with E-state index in [1.807, 2.05) is 12.1 Å². The Labute approximate surface area is 239 Å². The monoisotopic (exact) mass is 577 g/mol. The summed E-state index contributed by atoms with van der Waals surface area (Å²) in [5.41, 5.74) is 0.217. The molecule has 6 fully saturated rings. The number of pyridine rings is 1. The Hall–Kier alpha value is -1.78. The van der Waals surface area contributed by atoms with Gasteiger partial charge in [-0.25, -0.2) is 4.98 Å². The second kappa shape index (κ2) is 11.5. The molecule has 220 valence electrons. The summed E-state index contributed by atoms with van der Waals surface area (Å²) in [6, 6.07) is 3.77. The topological polar surface area (TPSA) is 89.6 Å². The van der Waals surface area contributed by atoms with E-state index >= 15 is 0 Å². The first kappa shape index (κ1) is 28.3. The van der Waals surface area contributed by atoms with Crippen molar-refractivity contribution in [2.75, 3.05) is 20.2 Å². The van der Waals surface area contributed by atoms with Crippen molar-refractivity contribution in [1.29, 1.82) is 0 Å². The Balaban J connectivity index is 1.25. The number of hydrogen-bond donors (Lipinski definition) is 2. The summed E-state index contributed by atoms with van der Waals surface area (Å²) in [4.78, 5) is 31.4. The lowest BCUT2D eigenvalue weighted by atomic mass is 9.52. The zero-order valence-corrected chi connectivity index (χ0v) is 24.1. The number of thioether (sulfide) groups is 1. The van der Waals surface area contributed by atoms with Gasteiger partial charge < -0.3 is 20.1 Å². The molecule has 4 bridgehead atoms. The van der Waals surface area contributed by atoms with Crippen LogP contribution in [-0.2, 0) is 19.7 Å². The van der Waals surface area contributed by atoms with E-state index in [4.69, 9.17) is 14.5 Å². The first-order valence-corrected chi connectivity index (χ1v) is 15.9. The number of hydrogen-bond acceptors (Lipinski definition) is 7. The molecule has 1 aliphatic heterocycles. The number of rotatable bonds is 9. The number of carbonyl (C=O) groups excluding carboxylic acids is 2. The molecule has 1 amide bonds. The van der Waals surface area contributed by atoms with Crippen molar-refractivity contribution in [3.63, 3.8) is 0 Å². The third kappa shape index (κ3) is 5.64. The van der Waals surface area contributed by atoms with E-state index in [1.165, 1.54) is 26.4 Å². The van der Waals surface area contributed by atoms with Crippen LogP contribution in [0.15, 0.2) is 17.2 Å².